The Balaban J connectivity index is 2.50. The van der Waals surface area contributed by atoms with Gasteiger partial charge in [0, 0.05) is 12.5 Å². The van der Waals surface area contributed by atoms with Gasteiger partial charge in [0.25, 0.3) is 0 Å². The first-order valence-corrected chi connectivity index (χ1v) is 6.27. The number of furan rings is 1. The Labute approximate surface area is 112 Å². The van der Waals surface area contributed by atoms with Crippen molar-refractivity contribution in [1.82, 2.24) is 5.32 Å². The highest BCUT2D eigenvalue weighted by atomic mass is 35.5. The summed E-state index contributed by atoms with van der Waals surface area (Å²) < 4.78 is 11.4. The van der Waals surface area contributed by atoms with Crippen molar-refractivity contribution in [2.75, 3.05) is 14.2 Å². The predicted molar refractivity (Wildman–Crippen MR) is 74.1 cm³/mol. The van der Waals surface area contributed by atoms with Crippen LogP contribution in [0, 0.1) is 0 Å². The van der Waals surface area contributed by atoms with Crippen molar-refractivity contribution in [3.05, 3.63) is 35.0 Å². The van der Waals surface area contributed by atoms with Gasteiger partial charge in [0.15, 0.2) is 5.58 Å². The summed E-state index contributed by atoms with van der Waals surface area (Å²) in [6.45, 7) is 4.03. The van der Waals surface area contributed by atoms with E-state index in [0.717, 1.165) is 16.7 Å². The maximum Gasteiger partial charge on any atom is 0.152 e. The number of methoxy groups -OCH3 is 1. The minimum absolute atomic E-state index is 0.0361. The molecule has 4 heteroatoms. The molecule has 0 amide bonds. The highest BCUT2D eigenvalue weighted by Crippen LogP contribution is 2.34. The lowest BCUT2D eigenvalue weighted by Gasteiger charge is -2.31. The Morgan fingerprint density at radius 2 is 2.11 bits per heavy atom. The molecule has 98 valence electrons. The van der Waals surface area contributed by atoms with Crippen LogP contribution in [0.4, 0.5) is 0 Å². The second kappa shape index (κ2) is 4.92. The second-order valence-electron chi connectivity index (χ2n) is 4.84. The molecule has 0 saturated heterocycles. The molecule has 0 aliphatic carbocycles. The molecule has 0 aliphatic rings. The van der Waals surface area contributed by atoms with Gasteiger partial charge in [-0.15, -0.1) is 0 Å². The number of likely N-dealkylation sites (N-methyl/N-ethyl adjacent to an activating group) is 1. The number of ether oxygens (including phenoxy) is 1. The Morgan fingerprint density at radius 1 is 1.39 bits per heavy atom. The monoisotopic (exact) mass is 267 g/mol. The molecule has 1 N–H and O–H groups in total. The summed E-state index contributed by atoms with van der Waals surface area (Å²) in [5.74, 6) is 0.826. The minimum Gasteiger partial charge on any atom is -0.458 e. The van der Waals surface area contributed by atoms with E-state index in [0.29, 0.717) is 5.02 Å². The summed E-state index contributed by atoms with van der Waals surface area (Å²) in [5, 5.41) is 4.86. The molecule has 0 radical (unpaired) electrons. The van der Waals surface area contributed by atoms with E-state index >= 15 is 0 Å². The van der Waals surface area contributed by atoms with Gasteiger partial charge in [0.2, 0.25) is 0 Å². The molecular formula is C14H18ClNO2. The third kappa shape index (κ3) is 2.26. The van der Waals surface area contributed by atoms with E-state index < -0.39 is 0 Å². The van der Waals surface area contributed by atoms with Crippen molar-refractivity contribution < 1.29 is 9.15 Å². The van der Waals surface area contributed by atoms with Crippen LogP contribution in [-0.2, 0) is 4.74 Å². The van der Waals surface area contributed by atoms with E-state index in [9.17, 15) is 0 Å². The topological polar surface area (TPSA) is 34.4 Å². The van der Waals surface area contributed by atoms with Gasteiger partial charge < -0.3 is 14.5 Å². The number of hydrogen-bond donors (Lipinski definition) is 1. The van der Waals surface area contributed by atoms with Crippen LogP contribution in [0.3, 0.4) is 0 Å². The van der Waals surface area contributed by atoms with Gasteiger partial charge >= 0.3 is 0 Å². The van der Waals surface area contributed by atoms with Gasteiger partial charge in [0.05, 0.1) is 16.7 Å². The molecule has 0 aliphatic heterocycles. The normalized spacial score (nSPS) is 14.1. The zero-order valence-electron chi connectivity index (χ0n) is 11.1. The first-order valence-electron chi connectivity index (χ1n) is 5.90. The maximum atomic E-state index is 6.12. The molecular weight excluding hydrogens is 250 g/mol. The first-order chi connectivity index (χ1) is 8.49. The van der Waals surface area contributed by atoms with Crippen LogP contribution in [0.1, 0.15) is 25.6 Å². The molecule has 0 spiro atoms. The molecule has 1 heterocycles. The Hall–Kier alpha value is -1.03. The molecule has 2 rings (SSSR count). The Kier molecular flexibility index (Phi) is 3.66. The first kappa shape index (κ1) is 13.4. The minimum atomic E-state index is -0.366. The molecule has 1 aromatic carbocycles. The largest absolute Gasteiger partial charge is 0.458 e. The fraction of sp³-hybridized carbons (Fsp3) is 0.429. The average molecular weight is 268 g/mol. The molecule has 0 fully saturated rings. The summed E-state index contributed by atoms with van der Waals surface area (Å²) in [7, 11) is 3.58. The lowest BCUT2D eigenvalue weighted by atomic mass is 9.96. The SMILES string of the molecule is CNC(c1cc2cccc(Cl)c2o1)C(C)(C)OC. The van der Waals surface area contributed by atoms with Crippen molar-refractivity contribution in [1.29, 1.82) is 0 Å². The molecule has 1 unspecified atom stereocenters. The highest BCUT2D eigenvalue weighted by molar-refractivity contribution is 6.34. The van der Waals surface area contributed by atoms with Crippen molar-refractivity contribution in [2.24, 2.45) is 0 Å². The van der Waals surface area contributed by atoms with Crippen LogP contribution in [-0.4, -0.2) is 19.8 Å². The number of hydrogen-bond acceptors (Lipinski definition) is 3. The molecule has 18 heavy (non-hydrogen) atoms. The van der Waals surface area contributed by atoms with Crippen molar-refractivity contribution >= 4 is 22.6 Å². The van der Waals surface area contributed by atoms with Gasteiger partial charge in [-0.05, 0) is 33.0 Å². The molecule has 2 aromatic rings. The van der Waals surface area contributed by atoms with E-state index in [1.807, 2.05) is 45.2 Å². The second-order valence-corrected chi connectivity index (χ2v) is 5.24. The van der Waals surface area contributed by atoms with Crippen LogP contribution in [0.25, 0.3) is 11.0 Å². The predicted octanol–water partition coefficient (Wildman–Crippen LogP) is 3.77. The molecule has 3 nitrogen and oxygen atoms in total. The zero-order valence-corrected chi connectivity index (χ0v) is 11.8. The van der Waals surface area contributed by atoms with Crippen LogP contribution < -0.4 is 5.32 Å². The van der Waals surface area contributed by atoms with Gasteiger partial charge in [-0.2, -0.15) is 0 Å². The number of nitrogens with one attached hydrogen (secondary N) is 1. The van der Waals surface area contributed by atoms with Crippen molar-refractivity contribution in [3.63, 3.8) is 0 Å². The smallest absolute Gasteiger partial charge is 0.152 e. The third-order valence-electron chi connectivity index (χ3n) is 3.31. The number of benzene rings is 1. The number of rotatable bonds is 4. The zero-order chi connectivity index (χ0) is 13.3. The number of fused-ring (bicyclic) bond motifs is 1. The quantitative estimate of drug-likeness (QED) is 0.916. The van der Waals surface area contributed by atoms with Crippen molar-refractivity contribution in [3.8, 4) is 0 Å². The van der Waals surface area contributed by atoms with Gasteiger partial charge in [-0.3, -0.25) is 0 Å². The highest BCUT2D eigenvalue weighted by Gasteiger charge is 2.32. The van der Waals surface area contributed by atoms with E-state index in [4.69, 9.17) is 20.8 Å². The standard InChI is InChI=1S/C14H18ClNO2/c1-14(2,17-4)13(16-3)11-8-9-6-5-7-10(15)12(9)18-11/h5-8,13,16H,1-4H3. The number of para-hydroxylation sites is 1. The fourth-order valence-electron chi connectivity index (χ4n) is 2.14. The lowest BCUT2D eigenvalue weighted by molar-refractivity contribution is -0.0143. The van der Waals surface area contributed by atoms with Gasteiger partial charge in [-0.25, -0.2) is 0 Å². The Morgan fingerprint density at radius 3 is 2.67 bits per heavy atom. The van der Waals surface area contributed by atoms with Crippen molar-refractivity contribution in [2.45, 2.75) is 25.5 Å². The van der Waals surface area contributed by atoms with E-state index in [1.54, 1.807) is 7.11 Å². The van der Waals surface area contributed by atoms with Gasteiger partial charge in [-0.1, -0.05) is 23.7 Å². The van der Waals surface area contributed by atoms with Crippen LogP contribution in [0.2, 0.25) is 5.02 Å². The average Bonchev–Trinajstić information content (AvgIpc) is 2.74. The number of halogens is 1. The Bertz CT molecular complexity index is 548. The summed E-state index contributed by atoms with van der Waals surface area (Å²) in [6.07, 6.45) is 0. The summed E-state index contributed by atoms with van der Waals surface area (Å²) in [5.41, 5.74) is 0.357. The van der Waals surface area contributed by atoms with E-state index in [1.165, 1.54) is 0 Å². The summed E-state index contributed by atoms with van der Waals surface area (Å²) in [4.78, 5) is 0. The summed E-state index contributed by atoms with van der Waals surface area (Å²) >= 11 is 6.12. The summed E-state index contributed by atoms with van der Waals surface area (Å²) in [6, 6.07) is 7.70. The molecule has 1 atom stereocenters. The fourth-order valence-corrected chi connectivity index (χ4v) is 2.36. The molecule has 0 saturated carbocycles. The molecule has 1 aromatic heterocycles. The van der Waals surface area contributed by atoms with Crippen LogP contribution >= 0.6 is 11.6 Å². The van der Waals surface area contributed by atoms with E-state index in [2.05, 4.69) is 5.32 Å². The van der Waals surface area contributed by atoms with E-state index in [-0.39, 0.29) is 11.6 Å². The lowest BCUT2D eigenvalue weighted by Crippen LogP contribution is -2.38. The molecule has 0 bridgehead atoms. The van der Waals surface area contributed by atoms with Gasteiger partial charge in [0.1, 0.15) is 5.76 Å². The van der Waals surface area contributed by atoms with Crippen LogP contribution in [0.5, 0.6) is 0 Å². The third-order valence-corrected chi connectivity index (χ3v) is 3.61. The maximum absolute atomic E-state index is 6.12. The van der Waals surface area contributed by atoms with Crippen LogP contribution in [0.15, 0.2) is 28.7 Å².